The van der Waals surface area contributed by atoms with E-state index in [1.807, 2.05) is 17.9 Å². The second kappa shape index (κ2) is 7.87. The molecule has 3 aromatic rings. The van der Waals surface area contributed by atoms with Gasteiger partial charge in [0, 0.05) is 43.0 Å². The third-order valence-electron chi connectivity index (χ3n) is 5.82. The molecule has 0 fully saturated rings. The summed E-state index contributed by atoms with van der Waals surface area (Å²) in [6, 6.07) is 7.61. The van der Waals surface area contributed by atoms with E-state index in [-0.39, 0.29) is 0 Å². The van der Waals surface area contributed by atoms with Crippen LogP contribution in [0.25, 0.3) is 22.4 Å². The van der Waals surface area contributed by atoms with Crippen LogP contribution in [-0.2, 0) is 13.6 Å². The smallest absolute Gasteiger partial charge is 0.0918 e. The van der Waals surface area contributed by atoms with Gasteiger partial charge < -0.3 is 5.32 Å². The molecule has 3 heterocycles. The van der Waals surface area contributed by atoms with Gasteiger partial charge in [-0.1, -0.05) is 37.6 Å². The minimum absolute atomic E-state index is 0.309. The molecule has 0 aliphatic carbocycles. The molecule has 0 amide bonds. The fourth-order valence-electron chi connectivity index (χ4n) is 4.33. The number of aryl methyl sites for hydroxylation is 3. The summed E-state index contributed by atoms with van der Waals surface area (Å²) in [6.45, 7) is 7.47. The Morgan fingerprint density at radius 3 is 2.82 bits per heavy atom. The van der Waals surface area contributed by atoms with Crippen LogP contribution < -0.4 is 5.32 Å². The largest absolute Gasteiger partial charge is 0.307 e. The number of rotatable bonds is 6. The second-order valence-corrected chi connectivity index (χ2v) is 7.85. The van der Waals surface area contributed by atoms with Crippen molar-refractivity contribution < 1.29 is 0 Å². The van der Waals surface area contributed by atoms with Gasteiger partial charge in [-0.2, -0.15) is 5.10 Å². The molecule has 1 N–H and O–H groups in total. The molecule has 6 heteroatoms. The number of benzene rings is 1. The highest BCUT2D eigenvalue weighted by Gasteiger charge is 2.26. The zero-order valence-electron chi connectivity index (χ0n) is 17.3. The van der Waals surface area contributed by atoms with Gasteiger partial charge >= 0.3 is 0 Å². The summed E-state index contributed by atoms with van der Waals surface area (Å²) >= 11 is 0. The van der Waals surface area contributed by atoms with Crippen LogP contribution in [0, 0.1) is 6.92 Å². The van der Waals surface area contributed by atoms with E-state index in [9.17, 15) is 0 Å². The van der Waals surface area contributed by atoms with Gasteiger partial charge in [0.1, 0.15) is 0 Å². The first kappa shape index (κ1) is 18.9. The van der Waals surface area contributed by atoms with Gasteiger partial charge in [0.15, 0.2) is 0 Å². The third kappa shape index (κ3) is 3.49. The first-order valence-electron chi connectivity index (χ1n) is 10.4. The normalized spacial score (nSPS) is 17.1. The van der Waals surface area contributed by atoms with Crippen molar-refractivity contribution in [2.24, 2.45) is 7.05 Å². The molecule has 28 heavy (non-hydrogen) atoms. The van der Waals surface area contributed by atoms with Crippen LogP contribution in [-0.4, -0.2) is 30.8 Å². The maximum atomic E-state index is 4.39. The number of aromatic nitrogens is 5. The fraction of sp³-hybridized carbons (Fsp3) is 0.500. The van der Waals surface area contributed by atoms with Crippen LogP contribution in [0.15, 0.2) is 30.6 Å². The summed E-state index contributed by atoms with van der Waals surface area (Å²) < 4.78 is 3.93. The van der Waals surface area contributed by atoms with E-state index in [1.54, 1.807) is 0 Å². The monoisotopic (exact) mass is 378 g/mol. The molecule has 2 atom stereocenters. The zero-order chi connectivity index (χ0) is 19.7. The Kier molecular flexibility index (Phi) is 5.31. The van der Waals surface area contributed by atoms with Gasteiger partial charge in [-0.3, -0.25) is 4.68 Å². The van der Waals surface area contributed by atoms with Crippen LogP contribution in [0.3, 0.4) is 0 Å². The van der Waals surface area contributed by atoms with E-state index < -0.39 is 0 Å². The SMILES string of the molecule is CCCC(CC)NC1CCn2nnc(C)c2-c2ccc(-c3cnn(C)c3)cc21. The Morgan fingerprint density at radius 1 is 1.25 bits per heavy atom. The van der Waals surface area contributed by atoms with Gasteiger partial charge in [0.05, 0.1) is 17.6 Å². The number of nitrogens with one attached hydrogen (secondary N) is 1. The van der Waals surface area contributed by atoms with E-state index in [2.05, 4.69) is 70.6 Å². The minimum Gasteiger partial charge on any atom is -0.307 e. The Labute approximate surface area is 167 Å². The van der Waals surface area contributed by atoms with Gasteiger partial charge in [-0.15, -0.1) is 5.10 Å². The number of nitrogens with zero attached hydrogens (tertiary/aromatic N) is 5. The number of hydrogen-bond donors (Lipinski definition) is 1. The van der Waals surface area contributed by atoms with Crippen molar-refractivity contribution in [3.63, 3.8) is 0 Å². The van der Waals surface area contributed by atoms with Crippen LogP contribution >= 0.6 is 0 Å². The summed E-state index contributed by atoms with van der Waals surface area (Å²) in [5, 5.41) is 17.0. The Balaban J connectivity index is 1.80. The van der Waals surface area contributed by atoms with E-state index in [4.69, 9.17) is 0 Å². The lowest BCUT2D eigenvalue weighted by molar-refractivity contribution is 0.372. The Morgan fingerprint density at radius 2 is 2.11 bits per heavy atom. The number of hydrogen-bond acceptors (Lipinski definition) is 4. The summed E-state index contributed by atoms with van der Waals surface area (Å²) in [6.07, 6.45) is 8.57. The molecule has 0 saturated carbocycles. The third-order valence-corrected chi connectivity index (χ3v) is 5.82. The molecule has 6 nitrogen and oxygen atoms in total. The maximum Gasteiger partial charge on any atom is 0.0918 e. The standard InChI is InChI=1S/C22H30N6/c1-5-7-18(6-2)24-21-10-11-28-22(15(3)25-26-28)19-9-8-16(12-20(19)21)17-13-23-27(4)14-17/h8-9,12-14,18,21,24H,5-7,10-11H2,1-4H3. The second-order valence-electron chi connectivity index (χ2n) is 7.85. The van der Waals surface area contributed by atoms with Crippen molar-refractivity contribution >= 4 is 0 Å². The lowest BCUT2D eigenvalue weighted by Crippen LogP contribution is -2.32. The first-order valence-corrected chi connectivity index (χ1v) is 10.4. The average Bonchev–Trinajstić information content (AvgIpc) is 3.25. The molecular weight excluding hydrogens is 348 g/mol. The van der Waals surface area contributed by atoms with Crippen molar-refractivity contribution in [1.82, 2.24) is 30.1 Å². The van der Waals surface area contributed by atoms with Crippen molar-refractivity contribution in [3.8, 4) is 22.4 Å². The molecule has 2 aromatic heterocycles. The van der Waals surface area contributed by atoms with E-state index >= 15 is 0 Å². The predicted molar refractivity (Wildman–Crippen MR) is 112 cm³/mol. The van der Waals surface area contributed by atoms with Crippen molar-refractivity contribution in [2.75, 3.05) is 0 Å². The summed E-state index contributed by atoms with van der Waals surface area (Å²) in [7, 11) is 1.96. The predicted octanol–water partition coefficient (Wildman–Crippen LogP) is 4.27. The zero-order valence-corrected chi connectivity index (χ0v) is 17.3. The van der Waals surface area contributed by atoms with Crippen molar-refractivity contribution in [3.05, 3.63) is 41.9 Å². The highest BCUT2D eigenvalue weighted by molar-refractivity contribution is 5.73. The van der Waals surface area contributed by atoms with E-state index in [0.29, 0.717) is 12.1 Å². The van der Waals surface area contributed by atoms with Gasteiger partial charge in [-0.05, 0) is 43.4 Å². The highest BCUT2D eigenvalue weighted by Crippen LogP contribution is 2.38. The van der Waals surface area contributed by atoms with Crippen LogP contribution in [0.4, 0.5) is 0 Å². The molecule has 0 bridgehead atoms. The van der Waals surface area contributed by atoms with Crippen LogP contribution in [0.2, 0.25) is 0 Å². The highest BCUT2D eigenvalue weighted by atomic mass is 15.4. The molecule has 2 unspecified atom stereocenters. The van der Waals surface area contributed by atoms with Gasteiger partial charge in [-0.25, -0.2) is 4.68 Å². The van der Waals surface area contributed by atoms with Crippen molar-refractivity contribution in [1.29, 1.82) is 0 Å². The van der Waals surface area contributed by atoms with Crippen LogP contribution in [0.1, 0.15) is 56.8 Å². The molecule has 0 saturated heterocycles. The molecule has 1 aliphatic heterocycles. The molecule has 1 aliphatic rings. The van der Waals surface area contributed by atoms with Gasteiger partial charge in [0.25, 0.3) is 0 Å². The topological polar surface area (TPSA) is 60.6 Å². The summed E-state index contributed by atoms with van der Waals surface area (Å²) in [4.78, 5) is 0. The lowest BCUT2D eigenvalue weighted by Gasteiger charge is -2.26. The van der Waals surface area contributed by atoms with Gasteiger partial charge in [0.2, 0.25) is 0 Å². The maximum absolute atomic E-state index is 4.39. The number of fused-ring (bicyclic) bond motifs is 3. The Bertz CT molecular complexity index is 954. The quantitative estimate of drug-likeness (QED) is 0.696. The summed E-state index contributed by atoms with van der Waals surface area (Å²) in [5.41, 5.74) is 7.10. The molecule has 1 aromatic carbocycles. The fourth-order valence-corrected chi connectivity index (χ4v) is 4.33. The first-order chi connectivity index (χ1) is 13.6. The van der Waals surface area contributed by atoms with E-state index in [0.717, 1.165) is 36.3 Å². The lowest BCUT2D eigenvalue weighted by atomic mass is 9.92. The molecule has 0 radical (unpaired) electrons. The average molecular weight is 379 g/mol. The van der Waals surface area contributed by atoms with Crippen LogP contribution in [0.5, 0.6) is 0 Å². The molecular formula is C22H30N6. The van der Waals surface area contributed by atoms with E-state index in [1.165, 1.54) is 29.5 Å². The molecule has 148 valence electrons. The summed E-state index contributed by atoms with van der Waals surface area (Å²) in [5.74, 6) is 0. The van der Waals surface area contributed by atoms with Crippen molar-refractivity contribution in [2.45, 2.75) is 65.1 Å². The molecule has 0 spiro atoms. The Hall–Kier alpha value is -2.47. The molecule has 4 rings (SSSR count). The minimum atomic E-state index is 0.309.